The summed E-state index contributed by atoms with van der Waals surface area (Å²) in [5, 5.41) is 0. The van der Waals surface area contributed by atoms with E-state index >= 15 is 0 Å². The second-order valence-corrected chi connectivity index (χ2v) is 4.79. The zero-order chi connectivity index (χ0) is 15.3. The molecule has 0 unspecified atom stereocenters. The van der Waals surface area contributed by atoms with Gasteiger partial charge in [0.05, 0.1) is 58.9 Å². The van der Waals surface area contributed by atoms with Crippen LogP contribution in [0.1, 0.15) is 13.3 Å². The van der Waals surface area contributed by atoms with Gasteiger partial charge in [-0.15, -0.1) is 0 Å². The highest BCUT2D eigenvalue weighted by molar-refractivity contribution is 5.81. The Morgan fingerprint density at radius 2 is 1.29 bits per heavy atom. The van der Waals surface area contributed by atoms with Crippen LogP contribution in [0.3, 0.4) is 0 Å². The third kappa shape index (κ3) is 8.33. The second kappa shape index (κ2) is 11.9. The van der Waals surface area contributed by atoms with Gasteiger partial charge in [0.1, 0.15) is 0 Å². The molecule has 1 saturated heterocycles. The van der Waals surface area contributed by atoms with Crippen LogP contribution in [-0.4, -0.2) is 82.8 Å². The van der Waals surface area contributed by atoms with E-state index in [1.54, 1.807) is 4.90 Å². The Labute approximate surface area is 126 Å². The lowest BCUT2D eigenvalue weighted by Gasteiger charge is -2.25. The molecule has 21 heavy (non-hydrogen) atoms. The number of ether oxygens (including phenoxy) is 4. The van der Waals surface area contributed by atoms with Gasteiger partial charge in [-0.2, -0.15) is 0 Å². The van der Waals surface area contributed by atoms with Gasteiger partial charge >= 0.3 is 0 Å². The minimum absolute atomic E-state index is 0.0542. The van der Waals surface area contributed by atoms with E-state index in [1.807, 2.05) is 6.92 Å². The maximum absolute atomic E-state index is 12.2. The second-order valence-electron chi connectivity index (χ2n) is 4.79. The first-order chi connectivity index (χ1) is 10.3. The predicted molar refractivity (Wildman–Crippen MR) is 78.1 cm³/mol. The van der Waals surface area contributed by atoms with E-state index in [2.05, 4.69) is 0 Å². The topological polar surface area (TPSA) is 83.3 Å². The van der Waals surface area contributed by atoms with Gasteiger partial charge in [0.15, 0.2) is 0 Å². The molecule has 2 N–H and O–H groups in total. The van der Waals surface area contributed by atoms with Crippen molar-refractivity contribution < 1.29 is 23.7 Å². The van der Waals surface area contributed by atoms with Gasteiger partial charge in [-0.1, -0.05) is 6.92 Å². The molecule has 0 aromatic rings. The van der Waals surface area contributed by atoms with Crippen molar-refractivity contribution >= 4 is 5.91 Å². The molecule has 0 spiro atoms. The van der Waals surface area contributed by atoms with Crippen LogP contribution in [0.15, 0.2) is 0 Å². The molecule has 0 aromatic heterocycles. The summed E-state index contributed by atoms with van der Waals surface area (Å²) in [6.07, 6.45) is 0.624. The molecule has 0 aromatic carbocycles. The number of carbonyl (C=O) groups is 1. The monoisotopic (exact) mass is 304 g/mol. The first kappa shape index (κ1) is 18.3. The number of hydrogen-bond donors (Lipinski definition) is 1. The summed E-state index contributed by atoms with van der Waals surface area (Å²) in [7, 11) is 0. The Hall–Kier alpha value is -0.730. The van der Waals surface area contributed by atoms with Crippen molar-refractivity contribution in [3.8, 4) is 0 Å². The van der Waals surface area contributed by atoms with Gasteiger partial charge in [-0.3, -0.25) is 4.79 Å². The lowest BCUT2D eigenvalue weighted by atomic mass is 10.2. The molecule has 0 saturated carbocycles. The van der Waals surface area contributed by atoms with Crippen molar-refractivity contribution in [2.45, 2.75) is 19.4 Å². The van der Waals surface area contributed by atoms with Crippen LogP contribution >= 0.6 is 0 Å². The maximum Gasteiger partial charge on any atom is 0.239 e. The van der Waals surface area contributed by atoms with Crippen molar-refractivity contribution in [3.63, 3.8) is 0 Å². The average Bonchev–Trinajstić information content (AvgIpc) is 2.52. The summed E-state index contributed by atoms with van der Waals surface area (Å²) in [6, 6.07) is -0.459. The lowest BCUT2D eigenvalue weighted by Crippen LogP contribution is -2.46. The normalized spacial score (nSPS) is 22.1. The van der Waals surface area contributed by atoms with Gasteiger partial charge < -0.3 is 29.6 Å². The number of amides is 1. The molecule has 0 bridgehead atoms. The van der Waals surface area contributed by atoms with Gasteiger partial charge in [0, 0.05) is 13.1 Å². The van der Waals surface area contributed by atoms with Crippen molar-refractivity contribution in [2.75, 3.05) is 65.9 Å². The van der Waals surface area contributed by atoms with Gasteiger partial charge in [0.2, 0.25) is 5.91 Å². The Morgan fingerprint density at radius 3 is 1.67 bits per heavy atom. The molecule has 1 amide bonds. The molecule has 1 heterocycles. The van der Waals surface area contributed by atoms with E-state index in [1.165, 1.54) is 0 Å². The van der Waals surface area contributed by atoms with Crippen LogP contribution in [0.2, 0.25) is 0 Å². The summed E-state index contributed by atoms with van der Waals surface area (Å²) >= 11 is 0. The van der Waals surface area contributed by atoms with E-state index in [-0.39, 0.29) is 5.91 Å². The van der Waals surface area contributed by atoms with Gasteiger partial charge in [-0.25, -0.2) is 0 Å². The SMILES string of the molecule is CC[C@@H](N)C(=O)N1CCOCCOCCOCCOCC1. The number of nitrogens with zero attached hydrogens (tertiary/aromatic N) is 1. The predicted octanol–water partition coefficient (Wildman–Crippen LogP) is -0.368. The van der Waals surface area contributed by atoms with E-state index in [9.17, 15) is 4.79 Å². The molecule has 1 aliphatic heterocycles. The lowest BCUT2D eigenvalue weighted by molar-refractivity contribution is -0.134. The largest absolute Gasteiger partial charge is 0.377 e. The minimum atomic E-state index is -0.459. The first-order valence-corrected chi connectivity index (χ1v) is 7.61. The van der Waals surface area contributed by atoms with Crippen molar-refractivity contribution in [1.29, 1.82) is 0 Å². The highest BCUT2D eigenvalue weighted by atomic mass is 16.6. The molecule has 1 aliphatic rings. The fraction of sp³-hybridized carbons (Fsp3) is 0.929. The molecule has 7 heteroatoms. The molecule has 1 fully saturated rings. The van der Waals surface area contributed by atoms with Gasteiger partial charge in [-0.05, 0) is 6.42 Å². The summed E-state index contributed by atoms with van der Waals surface area (Å²) < 4.78 is 21.6. The van der Waals surface area contributed by atoms with E-state index in [4.69, 9.17) is 24.7 Å². The summed E-state index contributed by atoms with van der Waals surface area (Å²) in [6.45, 7) is 7.08. The molecule has 1 rings (SSSR count). The fourth-order valence-corrected chi connectivity index (χ4v) is 1.85. The summed E-state index contributed by atoms with van der Waals surface area (Å²) in [4.78, 5) is 13.9. The highest BCUT2D eigenvalue weighted by Crippen LogP contribution is 1.98. The molecule has 124 valence electrons. The van der Waals surface area contributed by atoms with E-state index < -0.39 is 6.04 Å². The molecule has 0 aliphatic carbocycles. The van der Waals surface area contributed by atoms with E-state index in [0.717, 1.165) is 0 Å². The quantitative estimate of drug-likeness (QED) is 0.749. The molecule has 7 nitrogen and oxygen atoms in total. The number of rotatable bonds is 2. The average molecular weight is 304 g/mol. The number of hydrogen-bond acceptors (Lipinski definition) is 6. The molecule has 1 atom stereocenters. The standard InChI is InChI=1S/C14H28N2O5/c1-2-13(15)14(17)16-3-5-18-7-9-20-11-12-21-10-8-19-6-4-16/h13H,2-12,15H2,1H3/t13-/m1/s1. The first-order valence-electron chi connectivity index (χ1n) is 7.61. The highest BCUT2D eigenvalue weighted by Gasteiger charge is 2.19. The van der Waals surface area contributed by atoms with Crippen LogP contribution < -0.4 is 5.73 Å². The number of nitrogens with two attached hydrogens (primary N) is 1. The van der Waals surface area contributed by atoms with Crippen LogP contribution in [0.4, 0.5) is 0 Å². The molecule has 0 radical (unpaired) electrons. The van der Waals surface area contributed by atoms with Crippen molar-refractivity contribution in [3.05, 3.63) is 0 Å². The van der Waals surface area contributed by atoms with Crippen molar-refractivity contribution in [2.24, 2.45) is 5.73 Å². The Morgan fingerprint density at radius 1 is 0.905 bits per heavy atom. The van der Waals surface area contributed by atoms with Crippen LogP contribution in [0.25, 0.3) is 0 Å². The Bertz CT molecular complexity index is 262. The number of carbonyl (C=O) groups excluding carboxylic acids is 1. The zero-order valence-corrected chi connectivity index (χ0v) is 12.9. The van der Waals surface area contributed by atoms with Crippen LogP contribution in [0.5, 0.6) is 0 Å². The van der Waals surface area contributed by atoms with E-state index in [0.29, 0.717) is 72.4 Å². The fourth-order valence-electron chi connectivity index (χ4n) is 1.85. The molecular weight excluding hydrogens is 276 g/mol. The smallest absolute Gasteiger partial charge is 0.239 e. The summed E-state index contributed by atoms with van der Waals surface area (Å²) in [5.74, 6) is -0.0542. The minimum Gasteiger partial charge on any atom is -0.377 e. The van der Waals surface area contributed by atoms with Crippen LogP contribution in [-0.2, 0) is 23.7 Å². The van der Waals surface area contributed by atoms with Crippen molar-refractivity contribution in [1.82, 2.24) is 4.90 Å². The van der Waals surface area contributed by atoms with Gasteiger partial charge in [0.25, 0.3) is 0 Å². The van der Waals surface area contributed by atoms with Crippen LogP contribution in [0, 0.1) is 0 Å². The Balaban J connectivity index is 2.41. The molecular formula is C14H28N2O5. The third-order valence-electron chi connectivity index (χ3n) is 3.20. The maximum atomic E-state index is 12.2. The Kier molecular flexibility index (Phi) is 10.4. The zero-order valence-electron chi connectivity index (χ0n) is 12.9. The summed E-state index contributed by atoms with van der Waals surface area (Å²) in [5.41, 5.74) is 5.82. The third-order valence-corrected chi connectivity index (χ3v) is 3.20.